The van der Waals surface area contributed by atoms with Gasteiger partial charge in [-0.1, -0.05) is 71.3 Å². The second-order valence-electron chi connectivity index (χ2n) is 13.9. The predicted molar refractivity (Wildman–Crippen MR) is 142 cm³/mol. The molecule has 0 N–H and O–H groups in total. The van der Waals surface area contributed by atoms with Crippen molar-refractivity contribution in [2.45, 2.75) is 103 Å². The highest BCUT2D eigenvalue weighted by Gasteiger charge is 2.69. The molecule has 2 unspecified atom stereocenters. The Balaban J connectivity index is 1.49. The van der Waals surface area contributed by atoms with Gasteiger partial charge in [0, 0.05) is 17.4 Å². The Morgan fingerprint density at radius 1 is 1.03 bits per heavy atom. The third kappa shape index (κ3) is 3.81. The zero-order chi connectivity index (χ0) is 24.0. The largest absolute Gasteiger partial charge is 0.493 e. The van der Waals surface area contributed by atoms with Crippen molar-refractivity contribution in [3.05, 3.63) is 29.8 Å². The van der Waals surface area contributed by atoms with Crippen LogP contribution in [0, 0.1) is 17.3 Å². The van der Waals surface area contributed by atoms with E-state index in [1.165, 1.54) is 12.0 Å². The van der Waals surface area contributed by atoms with Crippen molar-refractivity contribution in [1.29, 1.82) is 0 Å². The molecule has 0 spiro atoms. The Morgan fingerprint density at radius 2 is 1.70 bits per heavy atom. The quantitative estimate of drug-likeness (QED) is 0.452. The number of nitrogens with zero attached hydrogens (tertiary/aromatic N) is 1. The summed E-state index contributed by atoms with van der Waals surface area (Å²) in [4.78, 5) is 0. The number of rotatable bonds is 6. The van der Waals surface area contributed by atoms with Gasteiger partial charge in [-0.15, -0.1) is 0 Å². The zero-order valence-corrected chi connectivity index (χ0v) is 24.3. The van der Waals surface area contributed by atoms with Crippen LogP contribution in [0.5, 0.6) is 5.75 Å². The van der Waals surface area contributed by atoms with Crippen LogP contribution in [0.3, 0.4) is 0 Å². The van der Waals surface area contributed by atoms with E-state index in [0.717, 1.165) is 31.1 Å². The van der Waals surface area contributed by atoms with Crippen LogP contribution in [0.25, 0.3) is 0 Å². The third-order valence-corrected chi connectivity index (χ3v) is 17.0. The Hall–Kier alpha value is -0.601. The minimum atomic E-state index is -1.63. The normalized spacial score (nSPS) is 35.6. The number of hydrogen-bond donors (Lipinski definition) is 0. The van der Waals surface area contributed by atoms with Gasteiger partial charge in [-0.2, -0.15) is 0 Å². The topological polar surface area (TPSA) is 30.9 Å². The van der Waals surface area contributed by atoms with Crippen molar-refractivity contribution in [3.8, 4) is 5.75 Å². The second-order valence-corrected chi connectivity index (χ2v) is 24.0. The lowest BCUT2D eigenvalue weighted by Gasteiger charge is -2.64. The van der Waals surface area contributed by atoms with Crippen molar-refractivity contribution < 1.29 is 14.0 Å². The van der Waals surface area contributed by atoms with Crippen molar-refractivity contribution in [2.75, 3.05) is 6.61 Å². The molecule has 0 amide bonds. The summed E-state index contributed by atoms with van der Waals surface area (Å²) in [5.41, 5.74) is 1.57. The smallest absolute Gasteiger partial charge is 0.474 e. The van der Waals surface area contributed by atoms with Crippen LogP contribution in [-0.4, -0.2) is 52.1 Å². The molecule has 1 saturated heterocycles. The van der Waals surface area contributed by atoms with Crippen molar-refractivity contribution >= 4 is 23.6 Å². The summed E-state index contributed by atoms with van der Waals surface area (Å²) in [5.74, 6) is 3.11. The number of ether oxygens (including phenoxy) is 1. The van der Waals surface area contributed by atoms with Crippen LogP contribution in [0.1, 0.15) is 51.5 Å². The van der Waals surface area contributed by atoms with Crippen LogP contribution in [0.15, 0.2) is 24.3 Å². The second kappa shape index (κ2) is 7.70. The number of para-hydroxylation sites is 1. The summed E-state index contributed by atoms with van der Waals surface area (Å²) in [6.45, 7) is 23.0. The van der Waals surface area contributed by atoms with Gasteiger partial charge in [0.25, 0.3) is 0 Å². The Kier molecular flexibility index (Phi) is 5.62. The van der Waals surface area contributed by atoms with Gasteiger partial charge < -0.3 is 18.3 Å². The molecule has 1 aromatic carbocycles. The van der Waals surface area contributed by atoms with Gasteiger partial charge in [0.2, 0.25) is 0 Å². The molecule has 0 aromatic heterocycles. The summed E-state index contributed by atoms with van der Waals surface area (Å²) >= 11 is 0. The van der Waals surface area contributed by atoms with Crippen molar-refractivity contribution in [2.24, 2.45) is 17.3 Å². The van der Waals surface area contributed by atoms with Gasteiger partial charge in [-0.25, -0.2) is 0 Å². The van der Waals surface area contributed by atoms with Crippen molar-refractivity contribution in [1.82, 2.24) is 4.23 Å². The van der Waals surface area contributed by atoms with Crippen LogP contribution in [0.2, 0.25) is 39.3 Å². The highest BCUT2D eigenvalue weighted by atomic mass is 28.4. The lowest BCUT2D eigenvalue weighted by atomic mass is 9.43. The maximum atomic E-state index is 7.11. The Bertz CT molecular complexity index is 900. The zero-order valence-electron chi connectivity index (χ0n) is 22.3. The highest BCUT2D eigenvalue weighted by molar-refractivity contribution is 6.90. The third-order valence-electron chi connectivity index (χ3n) is 9.38. The molecule has 4 nitrogen and oxygen atoms in total. The predicted octanol–water partition coefficient (Wildman–Crippen LogP) is 6.16. The maximum Gasteiger partial charge on any atom is 0.474 e. The molecule has 3 aliphatic carbocycles. The monoisotopic (exact) mass is 485 g/mol. The molecule has 182 valence electrons. The van der Waals surface area contributed by atoms with Gasteiger partial charge in [0.05, 0.1) is 18.3 Å². The van der Waals surface area contributed by atoms with E-state index in [-0.39, 0.29) is 24.8 Å². The van der Waals surface area contributed by atoms with Crippen LogP contribution in [-0.2, 0) is 9.31 Å². The summed E-state index contributed by atoms with van der Waals surface area (Å²) in [5, 5.41) is 0. The number of hydrogen-bond acceptors (Lipinski definition) is 4. The molecular formula is C26H44BNO3Si2. The minimum absolute atomic E-state index is 0.152. The van der Waals surface area contributed by atoms with Crippen LogP contribution < -0.4 is 4.74 Å². The van der Waals surface area contributed by atoms with Crippen LogP contribution >= 0.6 is 0 Å². The SMILES string of the molecule is CC1(C)[C@@H]2C[C@H]3OB(C(CC4COc5ccccc54)N([Si](C)(C)C)[Si](C)(C)C)O[C@@]3(C)[C@H]1C2. The van der Waals surface area contributed by atoms with Gasteiger partial charge in [-0.3, -0.25) is 0 Å². The van der Waals surface area contributed by atoms with Crippen molar-refractivity contribution in [3.63, 3.8) is 0 Å². The van der Waals surface area contributed by atoms with E-state index in [1.54, 1.807) is 0 Å². The Morgan fingerprint density at radius 3 is 2.33 bits per heavy atom. The standard InChI is InChI=1S/C26H44BNO3Si2/c1-25(2)19-15-22(25)26(3)23(16-19)30-27(31-26)24(28(32(4,5)6)33(7,8)9)14-18-17-29-21-13-11-10-12-20(18)21/h10-13,18-19,22-24H,14-17H2,1-9H3/t18?,19-,22-,23+,24?,26-/m0/s1. The fourth-order valence-electron chi connectivity index (χ4n) is 8.12. The van der Waals surface area contributed by atoms with E-state index in [1.807, 2.05) is 0 Å². The molecular weight excluding hydrogens is 441 g/mol. The first-order chi connectivity index (χ1) is 15.2. The fourth-order valence-corrected chi connectivity index (χ4v) is 18.6. The van der Waals surface area contributed by atoms with E-state index >= 15 is 0 Å². The van der Waals surface area contributed by atoms with Gasteiger partial charge >= 0.3 is 7.12 Å². The molecule has 33 heavy (non-hydrogen) atoms. The molecule has 3 saturated carbocycles. The van der Waals surface area contributed by atoms with E-state index in [9.17, 15) is 0 Å². The summed E-state index contributed by atoms with van der Waals surface area (Å²) in [6, 6.07) is 8.61. The summed E-state index contributed by atoms with van der Waals surface area (Å²) < 4.78 is 23.1. The maximum absolute atomic E-state index is 7.11. The first kappa shape index (κ1) is 24.1. The average molecular weight is 486 g/mol. The summed E-state index contributed by atoms with van der Waals surface area (Å²) in [7, 11) is -3.41. The first-order valence-corrected chi connectivity index (χ1v) is 20.0. The van der Waals surface area contributed by atoms with E-state index < -0.39 is 16.5 Å². The molecule has 7 heteroatoms. The van der Waals surface area contributed by atoms with Gasteiger partial charge in [-0.05, 0) is 49.5 Å². The molecule has 2 aliphatic heterocycles. The van der Waals surface area contributed by atoms with E-state index in [2.05, 4.69) is 88.5 Å². The summed E-state index contributed by atoms with van der Waals surface area (Å²) in [6.07, 6.45) is 3.73. The molecule has 4 fully saturated rings. The molecule has 2 heterocycles. The highest BCUT2D eigenvalue weighted by Crippen LogP contribution is 2.66. The molecule has 1 aromatic rings. The van der Waals surface area contributed by atoms with Gasteiger partial charge in [0.15, 0.2) is 0 Å². The first-order valence-electron chi connectivity index (χ1n) is 13.1. The fraction of sp³-hybridized carbons (Fsp3) is 0.769. The lowest BCUT2D eigenvalue weighted by Crippen LogP contribution is -2.68. The number of fused-ring (bicyclic) bond motifs is 1. The van der Waals surface area contributed by atoms with E-state index in [0.29, 0.717) is 17.3 Å². The molecule has 2 bridgehead atoms. The van der Waals surface area contributed by atoms with E-state index in [4.69, 9.17) is 14.0 Å². The molecule has 6 atom stereocenters. The van der Waals surface area contributed by atoms with Gasteiger partial charge in [0.1, 0.15) is 22.2 Å². The lowest BCUT2D eigenvalue weighted by molar-refractivity contribution is -0.199. The molecule has 0 radical (unpaired) electrons. The molecule has 5 aliphatic rings. The number of benzene rings is 1. The Labute approximate surface area is 204 Å². The average Bonchev–Trinajstić information content (AvgIpc) is 3.25. The minimum Gasteiger partial charge on any atom is -0.493 e. The van der Waals surface area contributed by atoms with Crippen LogP contribution in [0.4, 0.5) is 0 Å². The molecule has 6 rings (SSSR count).